The lowest BCUT2D eigenvalue weighted by atomic mass is 10.1. The Morgan fingerprint density at radius 2 is 1.44 bits per heavy atom. The second kappa shape index (κ2) is 10.1. The van der Waals surface area contributed by atoms with Gasteiger partial charge in [-0.15, -0.1) is 0 Å². The number of carbonyl (C=O) groups excluding carboxylic acids is 4. The molecule has 0 saturated carbocycles. The Balaban J connectivity index is 1.46. The predicted octanol–water partition coefficient (Wildman–Crippen LogP) is 4.74. The van der Waals surface area contributed by atoms with Crippen molar-refractivity contribution in [1.29, 1.82) is 0 Å². The number of carbonyl (C=O) groups is 4. The molecule has 8 nitrogen and oxygen atoms in total. The van der Waals surface area contributed by atoms with Gasteiger partial charge in [0.1, 0.15) is 16.5 Å². The van der Waals surface area contributed by atoms with E-state index in [9.17, 15) is 19.2 Å². The van der Waals surface area contributed by atoms with E-state index >= 15 is 0 Å². The smallest absolute Gasteiger partial charge is 0.343 e. The summed E-state index contributed by atoms with van der Waals surface area (Å²) in [7, 11) is 1.28. The summed E-state index contributed by atoms with van der Waals surface area (Å²) in [5.74, 6) is -2.04. The van der Waals surface area contributed by atoms with Crippen molar-refractivity contribution in [2.75, 3.05) is 17.3 Å². The van der Waals surface area contributed by atoms with E-state index in [1.165, 1.54) is 43.5 Å². The number of imide groups is 1. The Hall–Kier alpha value is -4.43. The average Bonchev–Trinajstić information content (AvgIpc) is 3.09. The van der Waals surface area contributed by atoms with Crippen LogP contribution in [0.15, 0.2) is 77.5 Å². The van der Waals surface area contributed by atoms with Gasteiger partial charge in [-0.05, 0) is 79.6 Å². The van der Waals surface area contributed by atoms with Crippen LogP contribution in [0.3, 0.4) is 0 Å². The number of amides is 2. The molecule has 1 N–H and O–H groups in total. The number of esters is 2. The van der Waals surface area contributed by atoms with Gasteiger partial charge in [-0.3, -0.25) is 9.59 Å². The molecular formula is C27H21ClN2O6. The molecule has 0 aliphatic carbocycles. The maximum atomic E-state index is 13.1. The van der Waals surface area contributed by atoms with Crippen molar-refractivity contribution in [3.8, 4) is 5.75 Å². The lowest BCUT2D eigenvalue weighted by Gasteiger charge is -2.18. The highest BCUT2D eigenvalue weighted by Gasteiger charge is 2.39. The maximum absolute atomic E-state index is 13.1. The molecule has 2 amide bonds. The highest BCUT2D eigenvalue weighted by atomic mass is 35.5. The molecule has 4 rings (SSSR count). The molecule has 36 heavy (non-hydrogen) atoms. The molecule has 182 valence electrons. The van der Waals surface area contributed by atoms with E-state index < -0.39 is 23.8 Å². The molecule has 0 fully saturated rings. The molecule has 1 aliphatic heterocycles. The van der Waals surface area contributed by atoms with Gasteiger partial charge < -0.3 is 14.8 Å². The molecule has 1 heterocycles. The summed E-state index contributed by atoms with van der Waals surface area (Å²) >= 11 is 6.22. The SMILES string of the molecule is COC(=O)c1ccc(OC(=O)c2ccc(NC3=C(Cl)C(=O)N(c4cccc(C)c4C)C3=O)cc2)cc1. The van der Waals surface area contributed by atoms with Crippen molar-refractivity contribution >= 4 is 46.7 Å². The zero-order chi connectivity index (χ0) is 26.0. The number of hydrogen-bond donors (Lipinski definition) is 1. The monoisotopic (exact) mass is 504 g/mol. The van der Waals surface area contributed by atoms with Crippen molar-refractivity contribution in [3.05, 3.63) is 99.7 Å². The summed E-state index contributed by atoms with van der Waals surface area (Å²) in [6.45, 7) is 3.72. The Bertz CT molecular complexity index is 1410. The van der Waals surface area contributed by atoms with Gasteiger partial charge in [0.05, 0.1) is 23.9 Å². The molecule has 0 spiro atoms. The second-order valence-corrected chi connectivity index (χ2v) is 8.34. The molecule has 1 aliphatic rings. The summed E-state index contributed by atoms with van der Waals surface area (Å²) in [6, 6.07) is 17.4. The number of aryl methyl sites for hydroxylation is 1. The van der Waals surface area contributed by atoms with E-state index in [2.05, 4.69) is 10.1 Å². The van der Waals surface area contributed by atoms with Crippen molar-refractivity contribution in [3.63, 3.8) is 0 Å². The minimum atomic E-state index is -0.615. The largest absolute Gasteiger partial charge is 0.465 e. The van der Waals surface area contributed by atoms with Gasteiger partial charge in [-0.25, -0.2) is 14.5 Å². The summed E-state index contributed by atoms with van der Waals surface area (Å²) in [5.41, 5.74) is 3.19. The zero-order valence-electron chi connectivity index (χ0n) is 19.6. The van der Waals surface area contributed by atoms with E-state index in [4.69, 9.17) is 16.3 Å². The summed E-state index contributed by atoms with van der Waals surface area (Å²) in [6.07, 6.45) is 0. The van der Waals surface area contributed by atoms with Gasteiger partial charge in [0.2, 0.25) is 0 Å². The third-order valence-electron chi connectivity index (χ3n) is 5.72. The number of halogens is 1. The fraction of sp³-hybridized carbons (Fsp3) is 0.111. The minimum Gasteiger partial charge on any atom is -0.465 e. The first kappa shape index (κ1) is 24.7. The van der Waals surface area contributed by atoms with Gasteiger partial charge >= 0.3 is 11.9 Å². The summed E-state index contributed by atoms with van der Waals surface area (Å²) in [5, 5.41) is 2.66. The average molecular weight is 505 g/mol. The molecule has 0 aromatic heterocycles. The van der Waals surface area contributed by atoms with Crippen LogP contribution in [-0.2, 0) is 14.3 Å². The summed E-state index contributed by atoms with van der Waals surface area (Å²) in [4.78, 5) is 50.9. The minimum absolute atomic E-state index is 0.0522. The molecule has 0 atom stereocenters. The quantitative estimate of drug-likeness (QED) is 0.294. The molecule has 0 bridgehead atoms. The summed E-state index contributed by atoms with van der Waals surface area (Å²) < 4.78 is 9.96. The highest BCUT2D eigenvalue weighted by Crippen LogP contribution is 2.33. The Labute approximate surface area is 212 Å². The van der Waals surface area contributed by atoms with Gasteiger partial charge in [-0.1, -0.05) is 23.7 Å². The Morgan fingerprint density at radius 3 is 2.08 bits per heavy atom. The first-order valence-corrected chi connectivity index (χ1v) is 11.2. The molecular weight excluding hydrogens is 484 g/mol. The molecule has 0 radical (unpaired) electrons. The lowest BCUT2D eigenvalue weighted by molar-refractivity contribution is -0.120. The third-order valence-corrected chi connectivity index (χ3v) is 6.07. The van der Waals surface area contributed by atoms with Crippen LogP contribution in [0.1, 0.15) is 31.8 Å². The van der Waals surface area contributed by atoms with Gasteiger partial charge in [0.25, 0.3) is 11.8 Å². The zero-order valence-corrected chi connectivity index (χ0v) is 20.4. The van der Waals surface area contributed by atoms with E-state index in [1.807, 2.05) is 19.9 Å². The fourth-order valence-electron chi connectivity index (χ4n) is 3.58. The van der Waals surface area contributed by atoms with E-state index in [1.54, 1.807) is 24.3 Å². The standard InChI is InChI=1S/C27H21ClN2O6/c1-15-5-4-6-21(16(15)2)30-24(31)22(28)23(25(30)32)29-19-11-7-18(8-12-19)27(34)36-20-13-9-17(10-14-20)26(33)35-3/h4-14,29H,1-3H3. The van der Waals surface area contributed by atoms with Crippen LogP contribution in [0.5, 0.6) is 5.75 Å². The van der Waals surface area contributed by atoms with E-state index in [-0.39, 0.29) is 22.0 Å². The highest BCUT2D eigenvalue weighted by molar-refractivity contribution is 6.53. The Kier molecular flexibility index (Phi) is 6.89. The molecule has 9 heteroatoms. The number of hydrogen-bond acceptors (Lipinski definition) is 7. The van der Waals surface area contributed by atoms with Crippen molar-refractivity contribution in [2.24, 2.45) is 0 Å². The van der Waals surface area contributed by atoms with E-state index in [0.29, 0.717) is 16.9 Å². The van der Waals surface area contributed by atoms with Gasteiger partial charge in [0, 0.05) is 5.69 Å². The number of nitrogens with zero attached hydrogens (tertiary/aromatic N) is 1. The normalized spacial score (nSPS) is 13.2. The number of methoxy groups -OCH3 is 1. The molecule has 0 unspecified atom stereocenters. The number of benzene rings is 3. The third kappa shape index (κ3) is 4.71. The van der Waals surface area contributed by atoms with Crippen LogP contribution in [0, 0.1) is 13.8 Å². The maximum Gasteiger partial charge on any atom is 0.343 e. The van der Waals surface area contributed by atoms with Crippen LogP contribution in [0.25, 0.3) is 0 Å². The Morgan fingerprint density at radius 1 is 0.833 bits per heavy atom. The van der Waals surface area contributed by atoms with Crippen LogP contribution in [-0.4, -0.2) is 30.9 Å². The van der Waals surface area contributed by atoms with Crippen molar-refractivity contribution in [1.82, 2.24) is 0 Å². The van der Waals surface area contributed by atoms with Crippen LogP contribution in [0.2, 0.25) is 0 Å². The van der Waals surface area contributed by atoms with Crippen molar-refractivity contribution in [2.45, 2.75) is 13.8 Å². The van der Waals surface area contributed by atoms with Gasteiger partial charge in [-0.2, -0.15) is 0 Å². The molecule has 3 aromatic carbocycles. The first-order valence-electron chi connectivity index (χ1n) is 10.8. The van der Waals surface area contributed by atoms with Crippen LogP contribution < -0.4 is 15.0 Å². The first-order chi connectivity index (χ1) is 17.2. The molecule has 3 aromatic rings. The van der Waals surface area contributed by atoms with Gasteiger partial charge in [0.15, 0.2) is 0 Å². The van der Waals surface area contributed by atoms with Crippen LogP contribution >= 0.6 is 11.6 Å². The fourth-order valence-corrected chi connectivity index (χ4v) is 3.80. The number of nitrogens with one attached hydrogen (secondary N) is 1. The predicted molar refractivity (Wildman–Crippen MR) is 134 cm³/mol. The number of ether oxygens (including phenoxy) is 2. The number of rotatable bonds is 6. The van der Waals surface area contributed by atoms with Crippen LogP contribution in [0.4, 0.5) is 11.4 Å². The number of anilines is 2. The second-order valence-electron chi connectivity index (χ2n) is 7.96. The topological polar surface area (TPSA) is 102 Å². The van der Waals surface area contributed by atoms with E-state index in [0.717, 1.165) is 16.0 Å². The lowest BCUT2D eigenvalue weighted by Crippen LogP contribution is -2.33. The molecule has 0 saturated heterocycles. The van der Waals surface area contributed by atoms with Crippen molar-refractivity contribution < 1.29 is 28.7 Å².